The van der Waals surface area contributed by atoms with Crippen molar-refractivity contribution in [3.8, 4) is 6.07 Å². The van der Waals surface area contributed by atoms with Crippen LogP contribution in [0.3, 0.4) is 0 Å². The quantitative estimate of drug-likeness (QED) is 0.574. The van der Waals surface area contributed by atoms with Gasteiger partial charge in [-0.1, -0.05) is 6.07 Å². The molecule has 0 radical (unpaired) electrons. The standard InChI is InChI=1S/C28H28N8/c29-15-18-5-6-19-14-28(26(30)20(19)13-18)7-11-35(12-8-28)24-17-32-25-22(34-24)16-33-27(25)36-10-2-3-21-23(36)4-1-9-31-21/h1,4-6,9,13,17,26H,2-3,7-8,10-12,14,16,30H2/t26-/m1/s1. The number of aliphatic imine (C=N–C) groups is 1. The summed E-state index contributed by atoms with van der Waals surface area (Å²) in [5.74, 6) is 1.85. The molecule has 3 aromatic rings. The Morgan fingerprint density at radius 3 is 2.83 bits per heavy atom. The lowest BCUT2D eigenvalue weighted by atomic mass is 9.73. The molecule has 0 unspecified atom stereocenters. The van der Waals surface area contributed by atoms with E-state index in [1.54, 1.807) is 0 Å². The second-order valence-corrected chi connectivity index (χ2v) is 10.4. The van der Waals surface area contributed by atoms with Crippen molar-refractivity contribution >= 4 is 17.3 Å². The van der Waals surface area contributed by atoms with E-state index in [1.807, 2.05) is 30.6 Å². The van der Waals surface area contributed by atoms with E-state index in [2.05, 4.69) is 33.0 Å². The molecule has 1 aromatic carbocycles. The first-order valence-corrected chi connectivity index (χ1v) is 12.8. The zero-order valence-electron chi connectivity index (χ0n) is 20.2. The van der Waals surface area contributed by atoms with E-state index in [0.717, 1.165) is 91.7 Å². The summed E-state index contributed by atoms with van der Waals surface area (Å²) in [7, 11) is 0. The van der Waals surface area contributed by atoms with Crippen molar-refractivity contribution in [1.29, 1.82) is 5.26 Å². The van der Waals surface area contributed by atoms with Gasteiger partial charge in [0.05, 0.1) is 41.4 Å². The van der Waals surface area contributed by atoms with Crippen molar-refractivity contribution in [2.45, 2.75) is 44.7 Å². The number of piperidine rings is 1. The van der Waals surface area contributed by atoms with Crippen LogP contribution in [-0.4, -0.2) is 40.4 Å². The van der Waals surface area contributed by atoms with Crippen LogP contribution in [0.1, 0.15) is 59.1 Å². The summed E-state index contributed by atoms with van der Waals surface area (Å²) in [5, 5.41) is 9.29. The van der Waals surface area contributed by atoms with Crippen LogP contribution < -0.4 is 15.5 Å². The fraction of sp³-hybridized carbons (Fsp3) is 0.393. The van der Waals surface area contributed by atoms with Gasteiger partial charge < -0.3 is 15.5 Å². The van der Waals surface area contributed by atoms with E-state index in [4.69, 9.17) is 20.7 Å². The summed E-state index contributed by atoms with van der Waals surface area (Å²) >= 11 is 0. The number of hydrogen-bond donors (Lipinski definition) is 1. The predicted molar refractivity (Wildman–Crippen MR) is 138 cm³/mol. The number of rotatable bonds is 1. The molecule has 2 N–H and O–H groups in total. The summed E-state index contributed by atoms with van der Waals surface area (Å²) in [6.07, 6.45) is 8.83. The number of anilines is 2. The third-order valence-corrected chi connectivity index (χ3v) is 8.53. The second-order valence-electron chi connectivity index (χ2n) is 10.4. The minimum Gasteiger partial charge on any atom is -0.355 e. The maximum atomic E-state index is 9.29. The van der Waals surface area contributed by atoms with Gasteiger partial charge in [0.25, 0.3) is 0 Å². The average molecular weight is 477 g/mol. The molecule has 1 saturated heterocycles. The van der Waals surface area contributed by atoms with Crippen LogP contribution >= 0.6 is 0 Å². The maximum Gasteiger partial charge on any atom is 0.156 e. The molecule has 0 amide bonds. The SMILES string of the molecule is N#Cc1ccc2c(c1)[C@@H](N)C1(CCN(c3cnc4c(n3)CN=C4N3CCCc4ncccc43)CC1)C2. The molecule has 2 aromatic heterocycles. The third-order valence-electron chi connectivity index (χ3n) is 8.53. The van der Waals surface area contributed by atoms with Crippen molar-refractivity contribution in [2.24, 2.45) is 16.1 Å². The number of nitrogens with two attached hydrogens (primary N) is 1. The van der Waals surface area contributed by atoms with Crippen molar-refractivity contribution in [2.75, 3.05) is 29.4 Å². The van der Waals surface area contributed by atoms with Crippen LogP contribution in [0, 0.1) is 16.7 Å². The number of nitriles is 1. The molecule has 36 heavy (non-hydrogen) atoms. The molecule has 1 spiro atoms. The van der Waals surface area contributed by atoms with Crippen LogP contribution in [0.15, 0.2) is 47.7 Å². The van der Waals surface area contributed by atoms with Crippen molar-refractivity contribution in [1.82, 2.24) is 15.0 Å². The second kappa shape index (κ2) is 8.10. The highest BCUT2D eigenvalue weighted by Crippen LogP contribution is 2.51. The molecular weight excluding hydrogens is 448 g/mol. The fourth-order valence-electron chi connectivity index (χ4n) is 6.52. The summed E-state index contributed by atoms with van der Waals surface area (Å²) in [4.78, 5) is 23.9. The first-order valence-electron chi connectivity index (χ1n) is 12.8. The molecule has 1 atom stereocenters. The van der Waals surface area contributed by atoms with E-state index in [9.17, 15) is 5.26 Å². The number of benzene rings is 1. The van der Waals surface area contributed by atoms with Gasteiger partial charge in [-0.25, -0.2) is 9.97 Å². The molecule has 1 fully saturated rings. The molecule has 8 heteroatoms. The lowest BCUT2D eigenvalue weighted by molar-refractivity contribution is 0.187. The molecule has 7 rings (SSSR count). The number of fused-ring (bicyclic) bond motifs is 3. The van der Waals surface area contributed by atoms with E-state index in [0.29, 0.717) is 12.1 Å². The normalized spacial score (nSPS) is 21.6. The Morgan fingerprint density at radius 2 is 1.97 bits per heavy atom. The van der Waals surface area contributed by atoms with Gasteiger partial charge in [0.1, 0.15) is 11.5 Å². The Labute approximate surface area is 210 Å². The highest BCUT2D eigenvalue weighted by Gasteiger charge is 2.46. The smallest absolute Gasteiger partial charge is 0.156 e. The summed E-state index contributed by atoms with van der Waals surface area (Å²) in [5.41, 5.74) is 14.1. The topological polar surface area (TPSA) is 107 Å². The molecule has 180 valence electrons. The lowest BCUT2D eigenvalue weighted by Gasteiger charge is -2.42. The Bertz CT molecular complexity index is 1430. The van der Waals surface area contributed by atoms with Gasteiger partial charge in [-0.15, -0.1) is 0 Å². The zero-order chi connectivity index (χ0) is 24.3. The Morgan fingerprint density at radius 1 is 1.08 bits per heavy atom. The van der Waals surface area contributed by atoms with Gasteiger partial charge >= 0.3 is 0 Å². The van der Waals surface area contributed by atoms with Crippen LogP contribution in [0.2, 0.25) is 0 Å². The van der Waals surface area contributed by atoms with Gasteiger partial charge in [0.2, 0.25) is 0 Å². The van der Waals surface area contributed by atoms with Crippen molar-refractivity contribution in [3.63, 3.8) is 0 Å². The van der Waals surface area contributed by atoms with Crippen LogP contribution in [-0.2, 0) is 19.4 Å². The zero-order valence-corrected chi connectivity index (χ0v) is 20.2. The molecular formula is C28H28N8. The number of pyridine rings is 1. The van der Waals surface area contributed by atoms with Crippen LogP contribution in [0.25, 0.3) is 0 Å². The average Bonchev–Trinajstić information content (AvgIpc) is 3.47. The molecule has 4 aliphatic rings. The lowest BCUT2D eigenvalue weighted by Crippen LogP contribution is -2.44. The maximum absolute atomic E-state index is 9.29. The molecule has 5 heterocycles. The Hall–Kier alpha value is -3.83. The van der Waals surface area contributed by atoms with E-state index in [-0.39, 0.29) is 11.5 Å². The Kier molecular flexibility index (Phi) is 4.83. The number of hydrogen-bond acceptors (Lipinski definition) is 8. The first-order chi connectivity index (χ1) is 17.6. The van der Waals surface area contributed by atoms with Crippen molar-refractivity contribution < 1.29 is 0 Å². The molecule has 0 bridgehead atoms. The minimum atomic E-state index is -0.0214. The highest BCUT2D eigenvalue weighted by molar-refractivity contribution is 6.11. The van der Waals surface area contributed by atoms with E-state index < -0.39 is 0 Å². The summed E-state index contributed by atoms with van der Waals surface area (Å²) < 4.78 is 0. The predicted octanol–water partition coefficient (Wildman–Crippen LogP) is 3.30. The number of aromatic nitrogens is 3. The number of nitrogens with zero attached hydrogens (tertiary/aromatic N) is 7. The van der Waals surface area contributed by atoms with Gasteiger partial charge in [-0.2, -0.15) is 5.26 Å². The molecule has 1 aliphatic carbocycles. The summed E-state index contributed by atoms with van der Waals surface area (Å²) in [6.45, 7) is 3.29. The monoisotopic (exact) mass is 476 g/mol. The summed E-state index contributed by atoms with van der Waals surface area (Å²) in [6, 6.07) is 12.3. The van der Waals surface area contributed by atoms with Crippen LogP contribution in [0.5, 0.6) is 0 Å². The molecule has 3 aliphatic heterocycles. The van der Waals surface area contributed by atoms with Gasteiger partial charge in [-0.05, 0) is 72.9 Å². The largest absolute Gasteiger partial charge is 0.355 e. The minimum absolute atomic E-state index is 0.0214. The van der Waals surface area contributed by atoms with Gasteiger partial charge in [0.15, 0.2) is 5.84 Å². The first kappa shape index (κ1) is 21.5. The number of amidine groups is 1. The third kappa shape index (κ3) is 3.23. The molecule has 8 nitrogen and oxygen atoms in total. The van der Waals surface area contributed by atoms with E-state index >= 15 is 0 Å². The van der Waals surface area contributed by atoms with Gasteiger partial charge in [0, 0.05) is 31.9 Å². The van der Waals surface area contributed by atoms with Gasteiger partial charge in [-0.3, -0.25) is 9.98 Å². The molecule has 0 saturated carbocycles. The Balaban J connectivity index is 1.08. The van der Waals surface area contributed by atoms with Crippen molar-refractivity contribution in [3.05, 3.63) is 76.5 Å². The number of aryl methyl sites for hydroxylation is 1. The highest BCUT2D eigenvalue weighted by atomic mass is 15.3. The fourth-order valence-corrected chi connectivity index (χ4v) is 6.52. The van der Waals surface area contributed by atoms with E-state index in [1.165, 1.54) is 5.56 Å². The van der Waals surface area contributed by atoms with Crippen LogP contribution in [0.4, 0.5) is 11.5 Å².